The molecule has 0 fully saturated rings. The lowest BCUT2D eigenvalue weighted by Gasteiger charge is -2.03. The molecule has 0 saturated carbocycles. The van der Waals surface area contributed by atoms with Crippen molar-refractivity contribution in [2.45, 2.75) is 6.42 Å². The van der Waals surface area contributed by atoms with E-state index in [1.54, 1.807) is 30.3 Å². The fourth-order valence-electron chi connectivity index (χ4n) is 1.82. The highest BCUT2D eigenvalue weighted by Gasteiger charge is 2.06. The molecule has 0 spiro atoms. The van der Waals surface area contributed by atoms with Gasteiger partial charge in [0.2, 0.25) is 0 Å². The van der Waals surface area contributed by atoms with Crippen molar-refractivity contribution in [1.82, 2.24) is 0 Å². The molecule has 96 valence electrons. The van der Waals surface area contributed by atoms with Crippen LogP contribution < -0.4 is 0 Å². The molecule has 2 heteroatoms. The maximum atomic E-state index is 13.0. The number of hydrogen-bond acceptors (Lipinski definition) is 0. The summed E-state index contributed by atoms with van der Waals surface area (Å²) in [6, 6.07) is 18.4. The van der Waals surface area contributed by atoms with E-state index in [9.17, 15) is 8.78 Å². The van der Waals surface area contributed by atoms with Crippen molar-refractivity contribution >= 4 is 11.6 Å². The zero-order valence-electron chi connectivity index (χ0n) is 10.4. The highest BCUT2D eigenvalue weighted by atomic mass is 19.3. The summed E-state index contributed by atoms with van der Waals surface area (Å²) >= 11 is 0. The van der Waals surface area contributed by atoms with Gasteiger partial charge in [-0.2, -0.15) is 8.78 Å². The van der Waals surface area contributed by atoms with E-state index < -0.39 is 6.08 Å². The van der Waals surface area contributed by atoms with E-state index >= 15 is 0 Å². The number of halogens is 2. The molecule has 19 heavy (non-hydrogen) atoms. The smallest absolute Gasteiger partial charge is 0.173 e. The summed E-state index contributed by atoms with van der Waals surface area (Å²) in [6.45, 7) is 0. The Balaban J connectivity index is 2.12. The van der Waals surface area contributed by atoms with Gasteiger partial charge in [0.15, 0.2) is 0 Å². The zero-order valence-corrected chi connectivity index (χ0v) is 10.4. The first kappa shape index (κ1) is 13.2. The minimum Gasteiger partial charge on any atom is -0.173 e. The standard InChI is InChI=1S/C17H14F2/c18-17(19)16(15-11-5-2-6-12-15)13-7-10-14-8-3-1-4-9-14/h1-12H,13H2. The van der Waals surface area contributed by atoms with Gasteiger partial charge in [-0.1, -0.05) is 72.8 Å². The summed E-state index contributed by atoms with van der Waals surface area (Å²) in [5.74, 6) is 0. The van der Waals surface area contributed by atoms with Crippen molar-refractivity contribution in [3.63, 3.8) is 0 Å². The molecule has 0 aliphatic heterocycles. The molecular formula is C17H14F2. The predicted octanol–water partition coefficient (Wildman–Crippen LogP) is 5.40. The molecule has 0 atom stereocenters. The highest BCUT2D eigenvalue weighted by molar-refractivity contribution is 5.68. The van der Waals surface area contributed by atoms with Gasteiger partial charge >= 0.3 is 0 Å². The van der Waals surface area contributed by atoms with Crippen molar-refractivity contribution in [1.29, 1.82) is 0 Å². The van der Waals surface area contributed by atoms with Gasteiger partial charge in [0.25, 0.3) is 6.08 Å². The minimum atomic E-state index is -1.62. The number of allylic oxidation sites excluding steroid dienone is 2. The van der Waals surface area contributed by atoms with Crippen LogP contribution in [0.25, 0.3) is 11.6 Å². The molecule has 0 nitrogen and oxygen atoms in total. The van der Waals surface area contributed by atoms with Gasteiger partial charge < -0.3 is 0 Å². The second kappa shape index (κ2) is 6.64. The number of rotatable bonds is 4. The normalized spacial score (nSPS) is 10.6. The van der Waals surface area contributed by atoms with E-state index in [1.165, 1.54) is 0 Å². The summed E-state index contributed by atoms with van der Waals surface area (Å²) in [6.07, 6.45) is 2.22. The Morgan fingerprint density at radius 1 is 0.842 bits per heavy atom. The number of benzene rings is 2. The third-order valence-electron chi connectivity index (χ3n) is 2.78. The molecule has 0 aliphatic rings. The summed E-state index contributed by atoms with van der Waals surface area (Å²) in [5, 5.41) is 0. The van der Waals surface area contributed by atoms with E-state index in [2.05, 4.69) is 0 Å². The van der Waals surface area contributed by atoms with Gasteiger partial charge in [-0.15, -0.1) is 0 Å². The Bertz CT molecular complexity index is 565. The van der Waals surface area contributed by atoms with Crippen LogP contribution in [0.1, 0.15) is 17.5 Å². The van der Waals surface area contributed by atoms with E-state index in [1.807, 2.05) is 42.5 Å². The molecule has 0 bridgehead atoms. The molecule has 2 aromatic carbocycles. The SMILES string of the molecule is FC(F)=C(CC=Cc1ccccc1)c1ccccc1. The van der Waals surface area contributed by atoms with Crippen molar-refractivity contribution in [3.8, 4) is 0 Å². The molecule has 2 rings (SSSR count). The first-order chi connectivity index (χ1) is 9.27. The van der Waals surface area contributed by atoms with Gasteiger partial charge in [-0.3, -0.25) is 0 Å². The van der Waals surface area contributed by atoms with Crippen LogP contribution in [0.4, 0.5) is 8.78 Å². The Kier molecular flexibility index (Phi) is 4.62. The first-order valence-electron chi connectivity index (χ1n) is 6.08. The summed E-state index contributed by atoms with van der Waals surface area (Å²) in [7, 11) is 0. The Morgan fingerprint density at radius 2 is 1.42 bits per heavy atom. The van der Waals surface area contributed by atoms with Crippen LogP contribution in [-0.2, 0) is 0 Å². The molecule has 0 saturated heterocycles. The van der Waals surface area contributed by atoms with Gasteiger partial charge in [0.1, 0.15) is 0 Å². The second-order valence-corrected chi connectivity index (χ2v) is 4.12. The molecular weight excluding hydrogens is 242 g/mol. The van der Waals surface area contributed by atoms with Gasteiger partial charge in [-0.25, -0.2) is 0 Å². The van der Waals surface area contributed by atoms with Crippen molar-refractivity contribution in [2.24, 2.45) is 0 Å². The number of hydrogen-bond donors (Lipinski definition) is 0. The molecule has 2 aromatic rings. The van der Waals surface area contributed by atoms with Gasteiger partial charge in [-0.05, 0) is 17.5 Å². The summed E-state index contributed by atoms with van der Waals surface area (Å²) in [4.78, 5) is 0. The van der Waals surface area contributed by atoms with Crippen LogP contribution in [0.15, 0.2) is 72.8 Å². The third kappa shape index (κ3) is 3.88. The Hall–Kier alpha value is -2.22. The fourth-order valence-corrected chi connectivity index (χ4v) is 1.82. The maximum Gasteiger partial charge on any atom is 0.274 e. The summed E-state index contributed by atoms with van der Waals surface area (Å²) < 4.78 is 25.9. The van der Waals surface area contributed by atoms with Crippen molar-refractivity contribution < 1.29 is 8.78 Å². The quantitative estimate of drug-likeness (QED) is 0.687. The average Bonchev–Trinajstić information content (AvgIpc) is 2.45. The van der Waals surface area contributed by atoms with E-state index in [0.717, 1.165) is 5.56 Å². The van der Waals surface area contributed by atoms with Crippen LogP contribution >= 0.6 is 0 Å². The van der Waals surface area contributed by atoms with Crippen LogP contribution in [0.5, 0.6) is 0 Å². The average molecular weight is 256 g/mol. The Labute approximate surface area is 111 Å². The molecule has 0 aliphatic carbocycles. The predicted molar refractivity (Wildman–Crippen MR) is 75.7 cm³/mol. The minimum absolute atomic E-state index is 0.0766. The molecule has 0 amide bonds. The van der Waals surface area contributed by atoms with Gasteiger partial charge in [0, 0.05) is 5.57 Å². The second-order valence-electron chi connectivity index (χ2n) is 4.12. The van der Waals surface area contributed by atoms with Gasteiger partial charge in [0.05, 0.1) is 0 Å². The fraction of sp³-hybridized carbons (Fsp3) is 0.0588. The molecule has 0 heterocycles. The molecule has 0 unspecified atom stereocenters. The maximum absolute atomic E-state index is 13.0. The lowest BCUT2D eigenvalue weighted by atomic mass is 10.0. The van der Waals surface area contributed by atoms with Crippen LogP contribution in [-0.4, -0.2) is 0 Å². The van der Waals surface area contributed by atoms with Crippen molar-refractivity contribution in [2.75, 3.05) is 0 Å². The highest BCUT2D eigenvalue weighted by Crippen LogP contribution is 2.24. The van der Waals surface area contributed by atoms with E-state index in [-0.39, 0.29) is 12.0 Å². The molecule has 0 N–H and O–H groups in total. The van der Waals surface area contributed by atoms with E-state index in [0.29, 0.717) is 5.56 Å². The monoisotopic (exact) mass is 256 g/mol. The largest absolute Gasteiger partial charge is 0.274 e. The lowest BCUT2D eigenvalue weighted by molar-refractivity contribution is 0.424. The van der Waals surface area contributed by atoms with Crippen LogP contribution in [0, 0.1) is 0 Å². The van der Waals surface area contributed by atoms with Crippen LogP contribution in [0.3, 0.4) is 0 Å². The van der Waals surface area contributed by atoms with Crippen LogP contribution in [0.2, 0.25) is 0 Å². The molecule has 0 aromatic heterocycles. The molecule has 0 radical (unpaired) electrons. The van der Waals surface area contributed by atoms with E-state index in [4.69, 9.17) is 0 Å². The Morgan fingerprint density at radius 3 is 2.00 bits per heavy atom. The topological polar surface area (TPSA) is 0 Å². The lowest BCUT2D eigenvalue weighted by Crippen LogP contribution is -1.84. The zero-order chi connectivity index (χ0) is 13.5. The third-order valence-corrected chi connectivity index (χ3v) is 2.78. The first-order valence-corrected chi connectivity index (χ1v) is 6.08. The van der Waals surface area contributed by atoms with Crippen molar-refractivity contribution in [3.05, 3.63) is 83.9 Å². The summed E-state index contributed by atoms with van der Waals surface area (Å²) in [5.41, 5.74) is 1.65.